The van der Waals surface area contributed by atoms with Crippen molar-refractivity contribution in [3.63, 3.8) is 0 Å². The molecule has 0 aliphatic carbocycles. The molecule has 1 atom stereocenters. The fourth-order valence-electron chi connectivity index (χ4n) is 4.68. The number of carbonyl (C=O) groups is 3. The number of anilines is 1. The maximum Gasteiger partial charge on any atom is 0.251 e. The van der Waals surface area contributed by atoms with E-state index in [2.05, 4.69) is 10.6 Å². The third-order valence-electron chi connectivity index (χ3n) is 6.39. The van der Waals surface area contributed by atoms with E-state index in [1.54, 1.807) is 42.3 Å². The molecule has 2 heterocycles. The molecule has 0 saturated carbocycles. The summed E-state index contributed by atoms with van der Waals surface area (Å²) in [6.45, 7) is 1.94. The third kappa shape index (κ3) is 5.22. The van der Waals surface area contributed by atoms with Gasteiger partial charge in [0, 0.05) is 38.0 Å². The Labute approximate surface area is 192 Å². The smallest absolute Gasteiger partial charge is 0.251 e. The number of hydrogen-bond donors (Lipinski definition) is 2. The summed E-state index contributed by atoms with van der Waals surface area (Å²) in [7, 11) is 1.57. The van der Waals surface area contributed by atoms with Crippen LogP contribution >= 0.6 is 0 Å². The first-order valence-electron chi connectivity index (χ1n) is 11.2. The standard InChI is InChI=1S/C25H28FN3O4/c1-33-12-9-27-24(31)18-5-6-21-20(15-18)23(25(32)28-21)17-7-10-29(11-8-17)22(30)14-16-3-2-4-19(26)13-16/h2-6,13,15,17,23H,7-12,14H2,1H3,(H,27,31)(H,28,32). The number of nitrogens with one attached hydrogen (secondary N) is 2. The van der Waals surface area contributed by atoms with Gasteiger partial charge in [0.2, 0.25) is 11.8 Å². The minimum atomic E-state index is -0.350. The Morgan fingerprint density at radius 3 is 2.70 bits per heavy atom. The number of piperidine rings is 1. The molecule has 2 aliphatic rings. The molecule has 4 rings (SSSR count). The fraction of sp³-hybridized carbons (Fsp3) is 0.400. The molecular weight excluding hydrogens is 425 g/mol. The van der Waals surface area contributed by atoms with Crippen LogP contribution in [0.1, 0.15) is 40.2 Å². The lowest BCUT2D eigenvalue weighted by atomic mass is 9.80. The minimum Gasteiger partial charge on any atom is -0.383 e. The van der Waals surface area contributed by atoms with Crippen LogP contribution in [0, 0.1) is 11.7 Å². The van der Waals surface area contributed by atoms with E-state index >= 15 is 0 Å². The minimum absolute atomic E-state index is 0.0367. The molecule has 0 radical (unpaired) electrons. The van der Waals surface area contributed by atoms with Crippen LogP contribution in [-0.4, -0.2) is 56.0 Å². The molecule has 7 nitrogen and oxygen atoms in total. The van der Waals surface area contributed by atoms with Crippen molar-refractivity contribution >= 4 is 23.4 Å². The number of methoxy groups -OCH3 is 1. The molecule has 0 aromatic heterocycles. The highest BCUT2D eigenvalue weighted by molar-refractivity contribution is 6.04. The number of benzene rings is 2. The van der Waals surface area contributed by atoms with E-state index in [9.17, 15) is 18.8 Å². The Hall–Kier alpha value is -3.26. The Bertz CT molecular complexity index is 1050. The lowest BCUT2D eigenvalue weighted by molar-refractivity contribution is -0.132. The van der Waals surface area contributed by atoms with Crippen LogP contribution in [0.15, 0.2) is 42.5 Å². The summed E-state index contributed by atoms with van der Waals surface area (Å²) in [4.78, 5) is 39.7. The molecule has 0 spiro atoms. The summed E-state index contributed by atoms with van der Waals surface area (Å²) in [6, 6.07) is 11.4. The largest absolute Gasteiger partial charge is 0.383 e. The molecular formula is C25H28FN3O4. The van der Waals surface area contributed by atoms with Gasteiger partial charge < -0.3 is 20.3 Å². The predicted molar refractivity (Wildman–Crippen MR) is 121 cm³/mol. The molecule has 2 N–H and O–H groups in total. The van der Waals surface area contributed by atoms with Crippen molar-refractivity contribution in [2.24, 2.45) is 5.92 Å². The lowest BCUT2D eigenvalue weighted by Gasteiger charge is -2.34. The molecule has 3 amide bonds. The number of halogens is 1. The molecule has 2 aromatic rings. The quantitative estimate of drug-likeness (QED) is 0.631. The average molecular weight is 454 g/mol. The van der Waals surface area contributed by atoms with Crippen LogP contribution in [0.3, 0.4) is 0 Å². The normalized spacial score (nSPS) is 18.1. The van der Waals surface area contributed by atoms with Gasteiger partial charge in [-0.05, 0) is 60.2 Å². The van der Waals surface area contributed by atoms with E-state index in [0.717, 1.165) is 11.3 Å². The zero-order valence-corrected chi connectivity index (χ0v) is 18.6. The van der Waals surface area contributed by atoms with Gasteiger partial charge in [-0.3, -0.25) is 14.4 Å². The van der Waals surface area contributed by atoms with Crippen LogP contribution in [0.2, 0.25) is 0 Å². The summed E-state index contributed by atoms with van der Waals surface area (Å²) in [5.74, 6) is -0.914. The van der Waals surface area contributed by atoms with Crippen LogP contribution < -0.4 is 10.6 Å². The number of carbonyl (C=O) groups excluding carboxylic acids is 3. The van der Waals surface area contributed by atoms with E-state index in [-0.39, 0.29) is 41.8 Å². The molecule has 2 aromatic carbocycles. The zero-order chi connectivity index (χ0) is 23.4. The molecule has 1 fully saturated rings. The number of hydrogen-bond acceptors (Lipinski definition) is 4. The van der Waals surface area contributed by atoms with Gasteiger partial charge in [0.05, 0.1) is 18.9 Å². The Balaban J connectivity index is 1.39. The topological polar surface area (TPSA) is 87.7 Å². The lowest BCUT2D eigenvalue weighted by Crippen LogP contribution is -2.41. The van der Waals surface area contributed by atoms with Crippen molar-refractivity contribution in [3.05, 3.63) is 65.0 Å². The van der Waals surface area contributed by atoms with Gasteiger partial charge in [-0.25, -0.2) is 4.39 Å². The van der Waals surface area contributed by atoms with Crippen molar-refractivity contribution in [2.45, 2.75) is 25.2 Å². The number of ether oxygens (including phenoxy) is 1. The van der Waals surface area contributed by atoms with Crippen LogP contribution in [0.25, 0.3) is 0 Å². The second-order valence-corrected chi connectivity index (χ2v) is 8.54. The molecule has 1 saturated heterocycles. The zero-order valence-electron chi connectivity index (χ0n) is 18.6. The van der Waals surface area contributed by atoms with E-state index in [1.807, 2.05) is 0 Å². The highest BCUT2D eigenvalue weighted by atomic mass is 19.1. The van der Waals surface area contributed by atoms with Crippen LogP contribution in [0.5, 0.6) is 0 Å². The van der Waals surface area contributed by atoms with Crippen molar-refractivity contribution in [3.8, 4) is 0 Å². The van der Waals surface area contributed by atoms with Gasteiger partial charge in [0.15, 0.2) is 0 Å². The first-order chi connectivity index (χ1) is 16.0. The van der Waals surface area contributed by atoms with E-state index < -0.39 is 0 Å². The van der Waals surface area contributed by atoms with Gasteiger partial charge in [-0.15, -0.1) is 0 Å². The molecule has 174 valence electrons. The van der Waals surface area contributed by atoms with Gasteiger partial charge in [-0.2, -0.15) is 0 Å². The van der Waals surface area contributed by atoms with E-state index in [1.165, 1.54) is 12.1 Å². The highest BCUT2D eigenvalue weighted by Crippen LogP contribution is 2.41. The number of fused-ring (bicyclic) bond motifs is 1. The van der Waals surface area contributed by atoms with Crippen molar-refractivity contribution in [1.82, 2.24) is 10.2 Å². The maximum atomic E-state index is 13.4. The number of rotatable bonds is 7. The molecule has 2 aliphatic heterocycles. The second-order valence-electron chi connectivity index (χ2n) is 8.54. The number of likely N-dealkylation sites (tertiary alicyclic amines) is 1. The van der Waals surface area contributed by atoms with Crippen LogP contribution in [0.4, 0.5) is 10.1 Å². The molecule has 0 bridgehead atoms. The van der Waals surface area contributed by atoms with Gasteiger partial charge >= 0.3 is 0 Å². The van der Waals surface area contributed by atoms with Gasteiger partial charge in [-0.1, -0.05) is 12.1 Å². The summed E-state index contributed by atoms with van der Waals surface area (Å²) >= 11 is 0. The predicted octanol–water partition coefficient (Wildman–Crippen LogP) is 2.72. The Morgan fingerprint density at radius 2 is 1.97 bits per heavy atom. The first-order valence-corrected chi connectivity index (χ1v) is 11.2. The number of nitrogens with zero attached hydrogens (tertiary/aromatic N) is 1. The Morgan fingerprint density at radius 1 is 1.18 bits per heavy atom. The monoisotopic (exact) mass is 453 g/mol. The fourth-order valence-corrected chi connectivity index (χ4v) is 4.68. The van der Waals surface area contributed by atoms with Crippen molar-refractivity contribution < 1.29 is 23.5 Å². The highest BCUT2D eigenvalue weighted by Gasteiger charge is 2.39. The SMILES string of the molecule is COCCNC(=O)c1ccc2c(c1)C(C1CCN(C(=O)Cc3cccc(F)c3)CC1)C(=O)N2. The summed E-state index contributed by atoms with van der Waals surface area (Å²) < 4.78 is 18.4. The second kappa shape index (κ2) is 10.1. The van der Waals surface area contributed by atoms with Gasteiger partial charge in [0.25, 0.3) is 5.91 Å². The van der Waals surface area contributed by atoms with E-state index in [0.29, 0.717) is 50.2 Å². The molecule has 8 heteroatoms. The number of amides is 3. The summed E-state index contributed by atoms with van der Waals surface area (Å²) in [5, 5.41) is 5.73. The Kier molecular flexibility index (Phi) is 7.03. The third-order valence-corrected chi connectivity index (χ3v) is 6.39. The summed E-state index contributed by atoms with van der Waals surface area (Å²) in [6.07, 6.45) is 1.55. The first kappa shape index (κ1) is 22.9. The van der Waals surface area contributed by atoms with Gasteiger partial charge in [0.1, 0.15) is 5.82 Å². The average Bonchev–Trinajstić information content (AvgIpc) is 3.14. The van der Waals surface area contributed by atoms with E-state index in [4.69, 9.17) is 4.74 Å². The van der Waals surface area contributed by atoms with Crippen molar-refractivity contribution in [2.75, 3.05) is 38.7 Å². The molecule has 33 heavy (non-hydrogen) atoms. The molecule has 1 unspecified atom stereocenters. The maximum absolute atomic E-state index is 13.4. The van der Waals surface area contributed by atoms with Crippen LogP contribution in [-0.2, 0) is 20.7 Å². The summed E-state index contributed by atoms with van der Waals surface area (Å²) in [5.41, 5.74) is 2.74. The van der Waals surface area contributed by atoms with Crippen molar-refractivity contribution in [1.29, 1.82) is 0 Å².